The van der Waals surface area contributed by atoms with E-state index in [1.54, 1.807) is 6.07 Å². The van der Waals surface area contributed by atoms with Gasteiger partial charge in [0.15, 0.2) is 0 Å². The van der Waals surface area contributed by atoms with E-state index in [2.05, 4.69) is 5.16 Å². The summed E-state index contributed by atoms with van der Waals surface area (Å²) >= 11 is 0. The third kappa shape index (κ3) is 3.14. The average Bonchev–Trinajstić information content (AvgIpc) is 2.97. The highest BCUT2D eigenvalue weighted by atomic mass is 16.5. The molecule has 0 aromatic carbocycles. The molecule has 0 radical (unpaired) electrons. The molecule has 0 aliphatic carbocycles. The summed E-state index contributed by atoms with van der Waals surface area (Å²) in [6.45, 7) is 4.63. The van der Waals surface area contributed by atoms with Crippen molar-refractivity contribution in [2.75, 3.05) is 26.8 Å². The zero-order valence-corrected chi connectivity index (χ0v) is 13.2. The van der Waals surface area contributed by atoms with Gasteiger partial charge in [0, 0.05) is 26.3 Å². The first-order valence-corrected chi connectivity index (χ1v) is 7.38. The quantitative estimate of drug-likeness (QED) is 0.890. The number of piperidine rings is 1. The van der Waals surface area contributed by atoms with E-state index in [4.69, 9.17) is 9.26 Å². The van der Waals surface area contributed by atoms with Crippen LogP contribution in [0.3, 0.4) is 0 Å². The molecule has 2 rings (SSSR count). The second-order valence-corrected chi connectivity index (χ2v) is 6.12. The van der Waals surface area contributed by atoms with Crippen molar-refractivity contribution in [2.24, 2.45) is 5.41 Å². The lowest BCUT2D eigenvalue weighted by Crippen LogP contribution is -2.52. The topological polar surface area (TPSA) is 92.9 Å². The fraction of sp³-hybridized carbons (Fsp3) is 0.667. The monoisotopic (exact) mass is 310 g/mol. The summed E-state index contributed by atoms with van der Waals surface area (Å²) < 4.78 is 10.2. The molecule has 1 saturated heterocycles. The summed E-state index contributed by atoms with van der Waals surface area (Å²) in [4.78, 5) is 25.6. The van der Waals surface area contributed by atoms with Crippen LogP contribution in [0.2, 0.25) is 0 Å². The van der Waals surface area contributed by atoms with Crippen molar-refractivity contribution in [2.45, 2.75) is 32.6 Å². The highest BCUT2D eigenvalue weighted by Crippen LogP contribution is 2.31. The van der Waals surface area contributed by atoms with Gasteiger partial charge in [-0.15, -0.1) is 0 Å². The average molecular weight is 310 g/mol. The van der Waals surface area contributed by atoms with Crippen molar-refractivity contribution in [3.05, 3.63) is 17.5 Å². The van der Waals surface area contributed by atoms with Crippen molar-refractivity contribution in [3.63, 3.8) is 0 Å². The number of hydrogen-bond donors (Lipinski definition) is 1. The van der Waals surface area contributed by atoms with E-state index in [1.807, 2.05) is 13.8 Å². The van der Waals surface area contributed by atoms with Gasteiger partial charge in [-0.25, -0.2) is 0 Å². The fourth-order valence-electron chi connectivity index (χ4n) is 2.75. The smallest absolute Gasteiger partial charge is 0.313 e. The fourth-order valence-corrected chi connectivity index (χ4v) is 2.75. The molecule has 7 nitrogen and oxygen atoms in total. The van der Waals surface area contributed by atoms with Crippen LogP contribution in [0.4, 0.5) is 0 Å². The SMILES string of the molecule is COCC1(C(=O)O)CCCN(C(=O)c2cc(C(C)C)no2)C1. The molecule has 1 aliphatic heterocycles. The van der Waals surface area contributed by atoms with E-state index in [0.717, 1.165) is 0 Å². The van der Waals surface area contributed by atoms with Crippen LogP contribution in [-0.4, -0.2) is 53.8 Å². The molecule has 0 saturated carbocycles. The Balaban J connectivity index is 2.17. The van der Waals surface area contributed by atoms with Crippen LogP contribution in [0.1, 0.15) is 48.9 Å². The number of hydrogen-bond acceptors (Lipinski definition) is 5. The molecule has 1 aliphatic rings. The lowest BCUT2D eigenvalue weighted by Gasteiger charge is -2.38. The van der Waals surface area contributed by atoms with E-state index in [0.29, 0.717) is 25.1 Å². The number of amides is 1. The van der Waals surface area contributed by atoms with Crippen LogP contribution in [0.15, 0.2) is 10.6 Å². The molecular formula is C15H22N2O5. The number of nitrogens with zero attached hydrogens (tertiary/aromatic N) is 2. The van der Waals surface area contributed by atoms with Gasteiger partial charge in [0.25, 0.3) is 5.91 Å². The van der Waals surface area contributed by atoms with Gasteiger partial charge in [-0.2, -0.15) is 0 Å². The Hall–Kier alpha value is -1.89. The van der Waals surface area contributed by atoms with Gasteiger partial charge in [0.05, 0.1) is 12.3 Å². The Kier molecular flexibility index (Phi) is 4.85. The second-order valence-electron chi connectivity index (χ2n) is 6.12. The Labute approximate surface area is 129 Å². The van der Waals surface area contributed by atoms with Gasteiger partial charge in [-0.3, -0.25) is 9.59 Å². The highest BCUT2D eigenvalue weighted by molar-refractivity contribution is 5.92. The van der Waals surface area contributed by atoms with E-state index in [1.165, 1.54) is 12.0 Å². The molecule has 1 fully saturated rings. The first-order valence-electron chi connectivity index (χ1n) is 7.38. The van der Waals surface area contributed by atoms with Crippen LogP contribution >= 0.6 is 0 Å². The predicted octanol–water partition coefficient (Wildman–Crippen LogP) is 1.75. The van der Waals surface area contributed by atoms with E-state index >= 15 is 0 Å². The van der Waals surface area contributed by atoms with E-state index in [9.17, 15) is 14.7 Å². The summed E-state index contributed by atoms with van der Waals surface area (Å²) in [6.07, 6.45) is 1.11. The number of aliphatic carboxylic acids is 1. The van der Waals surface area contributed by atoms with Crippen LogP contribution in [0, 0.1) is 5.41 Å². The standard InChI is InChI=1S/C15H22N2O5/c1-10(2)11-7-12(22-16-11)13(18)17-6-4-5-15(8-17,9-21-3)14(19)20/h7,10H,4-6,8-9H2,1-3H3,(H,19,20). The van der Waals surface area contributed by atoms with E-state index < -0.39 is 11.4 Å². The normalized spacial score (nSPS) is 22.1. The molecule has 7 heteroatoms. The molecular weight excluding hydrogens is 288 g/mol. The lowest BCUT2D eigenvalue weighted by molar-refractivity contribution is -0.155. The van der Waals surface area contributed by atoms with Crippen molar-refractivity contribution < 1.29 is 24.0 Å². The zero-order chi connectivity index (χ0) is 16.3. The number of ether oxygens (including phenoxy) is 1. The molecule has 1 aromatic rings. The molecule has 1 aromatic heterocycles. The van der Waals surface area contributed by atoms with Crippen molar-refractivity contribution in [1.29, 1.82) is 0 Å². The maximum atomic E-state index is 12.5. The van der Waals surface area contributed by atoms with Crippen LogP contribution in [0.25, 0.3) is 0 Å². The minimum absolute atomic E-state index is 0.0831. The number of carboxylic acid groups (broad SMARTS) is 1. The van der Waals surface area contributed by atoms with Crippen molar-refractivity contribution in [1.82, 2.24) is 10.1 Å². The van der Waals surface area contributed by atoms with Gasteiger partial charge in [0.1, 0.15) is 5.41 Å². The maximum absolute atomic E-state index is 12.5. The van der Waals surface area contributed by atoms with Gasteiger partial charge in [0.2, 0.25) is 5.76 Å². The summed E-state index contributed by atoms with van der Waals surface area (Å²) in [5.41, 5.74) is -0.342. The summed E-state index contributed by atoms with van der Waals surface area (Å²) in [7, 11) is 1.47. The predicted molar refractivity (Wildman–Crippen MR) is 77.7 cm³/mol. The summed E-state index contributed by atoms with van der Waals surface area (Å²) in [5.74, 6) is -0.936. The number of methoxy groups -OCH3 is 1. The maximum Gasteiger partial charge on any atom is 0.313 e. The molecule has 2 heterocycles. The zero-order valence-electron chi connectivity index (χ0n) is 13.2. The number of carboxylic acids is 1. The molecule has 22 heavy (non-hydrogen) atoms. The third-order valence-electron chi connectivity index (χ3n) is 4.07. The minimum Gasteiger partial charge on any atom is -0.481 e. The lowest BCUT2D eigenvalue weighted by atomic mass is 9.80. The molecule has 1 unspecified atom stereocenters. The Bertz CT molecular complexity index is 550. The first kappa shape index (κ1) is 16.5. The van der Waals surface area contributed by atoms with E-state index in [-0.39, 0.29) is 30.7 Å². The van der Waals surface area contributed by atoms with Gasteiger partial charge < -0.3 is 19.3 Å². The van der Waals surface area contributed by atoms with Crippen LogP contribution in [0.5, 0.6) is 0 Å². The molecule has 122 valence electrons. The molecule has 1 N–H and O–H groups in total. The number of likely N-dealkylation sites (tertiary alicyclic amines) is 1. The molecule has 1 amide bonds. The van der Waals surface area contributed by atoms with Crippen molar-refractivity contribution in [3.8, 4) is 0 Å². The Morgan fingerprint density at radius 1 is 1.55 bits per heavy atom. The second kappa shape index (κ2) is 6.48. The summed E-state index contributed by atoms with van der Waals surface area (Å²) in [6, 6.07) is 1.63. The number of aromatic nitrogens is 1. The molecule has 0 bridgehead atoms. The van der Waals surface area contributed by atoms with Crippen LogP contribution < -0.4 is 0 Å². The highest BCUT2D eigenvalue weighted by Gasteiger charge is 2.44. The van der Waals surface area contributed by atoms with Gasteiger partial charge in [-0.1, -0.05) is 19.0 Å². The largest absolute Gasteiger partial charge is 0.481 e. The minimum atomic E-state index is -1.05. The molecule has 0 spiro atoms. The van der Waals surface area contributed by atoms with Crippen molar-refractivity contribution >= 4 is 11.9 Å². The first-order chi connectivity index (χ1) is 10.4. The number of carbonyl (C=O) groups excluding carboxylic acids is 1. The summed E-state index contributed by atoms with van der Waals surface area (Å²) in [5, 5.41) is 13.4. The van der Waals surface area contributed by atoms with Crippen LogP contribution in [-0.2, 0) is 9.53 Å². The van der Waals surface area contributed by atoms with Gasteiger partial charge >= 0.3 is 5.97 Å². The van der Waals surface area contributed by atoms with Gasteiger partial charge in [-0.05, 0) is 18.8 Å². The number of carbonyl (C=O) groups is 2. The number of rotatable bonds is 5. The Morgan fingerprint density at radius 3 is 2.82 bits per heavy atom. The Morgan fingerprint density at radius 2 is 2.27 bits per heavy atom. The third-order valence-corrected chi connectivity index (χ3v) is 4.07. The molecule has 1 atom stereocenters.